The first-order valence-corrected chi connectivity index (χ1v) is 6.36. The monoisotopic (exact) mass is 252 g/mol. The molecule has 0 saturated heterocycles. The molecule has 0 aliphatic heterocycles. The number of aliphatic hydroxyl groups is 1. The Morgan fingerprint density at radius 1 is 1.39 bits per heavy atom. The SMILES string of the molecule is COCc1ccccc1C(CN)NC(C)CCO. The Kier molecular flexibility index (Phi) is 6.90. The van der Waals surface area contributed by atoms with E-state index in [0.717, 1.165) is 12.0 Å². The van der Waals surface area contributed by atoms with Gasteiger partial charge in [0.15, 0.2) is 0 Å². The molecule has 1 rings (SSSR count). The van der Waals surface area contributed by atoms with E-state index in [9.17, 15) is 0 Å². The molecular formula is C14H24N2O2. The number of hydrogen-bond donors (Lipinski definition) is 3. The van der Waals surface area contributed by atoms with Gasteiger partial charge in [0, 0.05) is 32.3 Å². The van der Waals surface area contributed by atoms with E-state index in [1.165, 1.54) is 5.56 Å². The highest BCUT2D eigenvalue weighted by molar-refractivity contribution is 5.30. The maximum atomic E-state index is 8.94. The summed E-state index contributed by atoms with van der Waals surface area (Å²) in [6, 6.07) is 8.47. The second kappa shape index (κ2) is 8.21. The lowest BCUT2D eigenvalue weighted by atomic mass is 9.99. The summed E-state index contributed by atoms with van der Waals surface area (Å²) in [4.78, 5) is 0. The molecule has 0 radical (unpaired) electrons. The van der Waals surface area contributed by atoms with Gasteiger partial charge in [0.25, 0.3) is 0 Å². The van der Waals surface area contributed by atoms with Gasteiger partial charge < -0.3 is 20.9 Å². The average Bonchev–Trinajstić information content (AvgIpc) is 2.37. The van der Waals surface area contributed by atoms with Crippen LogP contribution in [0.25, 0.3) is 0 Å². The Hall–Kier alpha value is -0.940. The second-order valence-electron chi connectivity index (χ2n) is 4.50. The van der Waals surface area contributed by atoms with Crippen molar-refractivity contribution in [2.75, 3.05) is 20.3 Å². The first-order valence-electron chi connectivity index (χ1n) is 6.36. The molecule has 0 spiro atoms. The number of benzene rings is 1. The lowest BCUT2D eigenvalue weighted by Crippen LogP contribution is -2.36. The standard InChI is InChI=1S/C14H24N2O2/c1-11(7-8-17)16-14(9-15)13-6-4-3-5-12(13)10-18-2/h3-6,11,14,16-17H,7-10,15H2,1-2H3. The smallest absolute Gasteiger partial charge is 0.0716 e. The number of ether oxygens (including phenoxy) is 1. The van der Waals surface area contributed by atoms with E-state index >= 15 is 0 Å². The van der Waals surface area contributed by atoms with Crippen LogP contribution < -0.4 is 11.1 Å². The van der Waals surface area contributed by atoms with Crippen LogP contribution in [-0.4, -0.2) is 31.4 Å². The Morgan fingerprint density at radius 2 is 2.11 bits per heavy atom. The van der Waals surface area contributed by atoms with Gasteiger partial charge in [0.2, 0.25) is 0 Å². The average molecular weight is 252 g/mol. The van der Waals surface area contributed by atoms with Crippen LogP contribution in [0.1, 0.15) is 30.5 Å². The van der Waals surface area contributed by atoms with Crippen LogP contribution in [0.4, 0.5) is 0 Å². The summed E-state index contributed by atoms with van der Waals surface area (Å²) in [6.45, 7) is 3.35. The fourth-order valence-corrected chi connectivity index (χ4v) is 2.07. The minimum Gasteiger partial charge on any atom is -0.396 e. The number of methoxy groups -OCH3 is 1. The van der Waals surface area contributed by atoms with Gasteiger partial charge in [-0.05, 0) is 24.5 Å². The molecule has 0 aliphatic carbocycles. The fraction of sp³-hybridized carbons (Fsp3) is 0.571. The van der Waals surface area contributed by atoms with Crippen molar-refractivity contribution < 1.29 is 9.84 Å². The molecule has 1 aromatic rings. The van der Waals surface area contributed by atoms with Crippen molar-refractivity contribution >= 4 is 0 Å². The van der Waals surface area contributed by atoms with Gasteiger partial charge in [-0.1, -0.05) is 24.3 Å². The Labute approximate surface area is 109 Å². The van der Waals surface area contributed by atoms with Crippen LogP contribution in [0.5, 0.6) is 0 Å². The zero-order valence-corrected chi connectivity index (χ0v) is 11.2. The highest BCUT2D eigenvalue weighted by Gasteiger charge is 2.15. The van der Waals surface area contributed by atoms with Crippen LogP contribution in [0, 0.1) is 0 Å². The minimum atomic E-state index is 0.0953. The van der Waals surface area contributed by atoms with E-state index in [1.807, 2.05) is 12.1 Å². The van der Waals surface area contributed by atoms with Crippen molar-refractivity contribution in [2.24, 2.45) is 5.73 Å². The Balaban J connectivity index is 2.80. The minimum absolute atomic E-state index is 0.0953. The molecule has 2 atom stereocenters. The van der Waals surface area contributed by atoms with E-state index in [-0.39, 0.29) is 18.7 Å². The fourth-order valence-electron chi connectivity index (χ4n) is 2.07. The first kappa shape index (κ1) is 15.1. The third kappa shape index (κ3) is 4.38. The maximum absolute atomic E-state index is 8.94. The van der Waals surface area contributed by atoms with Crippen LogP contribution in [-0.2, 0) is 11.3 Å². The van der Waals surface area contributed by atoms with E-state index < -0.39 is 0 Å². The second-order valence-corrected chi connectivity index (χ2v) is 4.50. The normalized spacial score (nSPS) is 14.4. The van der Waals surface area contributed by atoms with Crippen LogP contribution in [0.2, 0.25) is 0 Å². The predicted octanol–water partition coefficient (Wildman–Crippen LogP) is 1.19. The molecule has 4 heteroatoms. The first-order chi connectivity index (χ1) is 8.72. The number of aliphatic hydroxyl groups excluding tert-OH is 1. The highest BCUT2D eigenvalue weighted by atomic mass is 16.5. The van der Waals surface area contributed by atoms with Crippen molar-refractivity contribution in [1.29, 1.82) is 0 Å². The topological polar surface area (TPSA) is 67.5 Å². The summed E-state index contributed by atoms with van der Waals surface area (Å²) >= 11 is 0. The molecule has 1 aromatic carbocycles. The van der Waals surface area contributed by atoms with Gasteiger partial charge in [0.1, 0.15) is 0 Å². The molecule has 4 N–H and O–H groups in total. The van der Waals surface area contributed by atoms with Crippen molar-refractivity contribution in [1.82, 2.24) is 5.32 Å². The van der Waals surface area contributed by atoms with Gasteiger partial charge >= 0.3 is 0 Å². The Bertz CT molecular complexity index is 344. The van der Waals surface area contributed by atoms with Gasteiger partial charge in [-0.2, -0.15) is 0 Å². The van der Waals surface area contributed by atoms with Crippen molar-refractivity contribution in [3.8, 4) is 0 Å². The molecule has 0 saturated carbocycles. The number of nitrogens with one attached hydrogen (secondary N) is 1. The highest BCUT2D eigenvalue weighted by Crippen LogP contribution is 2.19. The quantitative estimate of drug-likeness (QED) is 0.650. The van der Waals surface area contributed by atoms with E-state index in [1.54, 1.807) is 7.11 Å². The van der Waals surface area contributed by atoms with E-state index in [4.69, 9.17) is 15.6 Å². The Morgan fingerprint density at radius 3 is 2.72 bits per heavy atom. The molecule has 18 heavy (non-hydrogen) atoms. The number of nitrogens with two attached hydrogens (primary N) is 1. The molecule has 0 aromatic heterocycles. The van der Waals surface area contributed by atoms with E-state index in [2.05, 4.69) is 24.4 Å². The van der Waals surface area contributed by atoms with Gasteiger partial charge in [-0.15, -0.1) is 0 Å². The number of hydrogen-bond acceptors (Lipinski definition) is 4. The maximum Gasteiger partial charge on any atom is 0.0716 e. The lowest BCUT2D eigenvalue weighted by Gasteiger charge is -2.24. The number of rotatable bonds is 8. The zero-order valence-electron chi connectivity index (χ0n) is 11.2. The van der Waals surface area contributed by atoms with Crippen molar-refractivity contribution in [2.45, 2.75) is 32.0 Å². The van der Waals surface area contributed by atoms with Gasteiger partial charge in [-0.3, -0.25) is 0 Å². The largest absolute Gasteiger partial charge is 0.396 e. The molecule has 0 bridgehead atoms. The summed E-state index contributed by atoms with van der Waals surface area (Å²) in [5.41, 5.74) is 8.17. The molecule has 4 nitrogen and oxygen atoms in total. The predicted molar refractivity (Wildman–Crippen MR) is 73.3 cm³/mol. The molecule has 102 valence electrons. The summed E-state index contributed by atoms with van der Waals surface area (Å²) in [6.07, 6.45) is 0.725. The van der Waals surface area contributed by atoms with E-state index in [0.29, 0.717) is 13.2 Å². The molecule has 2 unspecified atom stereocenters. The third-order valence-corrected chi connectivity index (χ3v) is 3.01. The lowest BCUT2D eigenvalue weighted by molar-refractivity contribution is 0.183. The molecule has 0 fully saturated rings. The molecular weight excluding hydrogens is 228 g/mol. The summed E-state index contributed by atoms with van der Waals surface area (Å²) < 4.78 is 5.21. The van der Waals surface area contributed by atoms with Gasteiger partial charge in [-0.25, -0.2) is 0 Å². The zero-order chi connectivity index (χ0) is 13.4. The molecule has 0 aliphatic rings. The van der Waals surface area contributed by atoms with Crippen LogP contribution >= 0.6 is 0 Å². The van der Waals surface area contributed by atoms with Crippen molar-refractivity contribution in [3.05, 3.63) is 35.4 Å². The van der Waals surface area contributed by atoms with Crippen molar-refractivity contribution in [3.63, 3.8) is 0 Å². The van der Waals surface area contributed by atoms with Gasteiger partial charge in [0.05, 0.1) is 6.61 Å². The van der Waals surface area contributed by atoms with Crippen LogP contribution in [0.3, 0.4) is 0 Å². The van der Waals surface area contributed by atoms with Crippen LogP contribution in [0.15, 0.2) is 24.3 Å². The summed E-state index contributed by atoms with van der Waals surface area (Å²) in [7, 11) is 1.69. The summed E-state index contributed by atoms with van der Waals surface area (Å²) in [5.74, 6) is 0. The molecule has 0 heterocycles. The summed E-state index contributed by atoms with van der Waals surface area (Å²) in [5, 5.41) is 12.4. The molecule has 0 amide bonds. The third-order valence-electron chi connectivity index (χ3n) is 3.01.